The number of rotatable bonds is 8. The van der Waals surface area contributed by atoms with Crippen LogP contribution in [-0.4, -0.2) is 78.0 Å². The van der Waals surface area contributed by atoms with Crippen LogP contribution in [0.1, 0.15) is 11.1 Å². The summed E-state index contributed by atoms with van der Waals surface area (Å²) in [6.45, 7) is 2.29. The number of hydrogen-bond donors (Lipinski definition) is 0. The van der Waals surface area contributed by atoms with Gasteiger partial charge in [-0.15, -0.1) is 0 Å². The third-order valence-electron chi connectivity index (χ3n) is 5.78. The van der Waals surface area contributed by atoms with E-state index in [0.29, 0.717) is 13.1 Å². The Morgan fingerprint density at radius 2 is 1.68 bits per heavy atom. The molecule has 34 heavy (non-hydrogen) atoms. The Morgan fingerprint density at radius 1 is 1.00 bits per heavy atom. The first-order valence-electron chi connectivity index (χ1n) is 11.1. The summed E-state index contributed by atoms with van der Waals surface area (Å²) < 4.78 is 42.6. The van der Waals surface area contributed by atoms with Gasteiger partial charge in [0.2, 0.25) is 15.9 Å². The highest BCUT2D eigenvalue weighted by atomic mass is 32.2. The van der Waals surface area contributed by atoms with Gasteiger partial charge in [-0.2, -0.15) is 9.40 Å². The molecule has 0 radical (unpaired) electrons. The lowest BCUT2D eigenvalue weighted by atomic mass is 10.2. The largest absolute Gasteiger partial charge is 0.339 e. The lowest BCUT2D eigenvalue weighted by Crippen LogP contribution is -2.52. The second-order valence-corrected chi connectivity index (χ2v) is 10.3. The molecule has 1 aliphatic rings. The molecule has 8 nitrogen and oxygen atoms in total. The van der Waals surface area contributed by atoms with Crippen molar-refractivity contribution in [1.82, 2.24) is 23.9 Å². The molecule has 0 N–H and O–H groups in total. The fourth-order valence-electron chi connectivity index (χ4n) is 4.01. The predicted octanol–water partition coefficient (Wildman–Crippen LogP) is 2.04. The van der Waals surface area contributed by atoms with E-state index in [0.717, 1.165) is 17.2 Å². The Labute approximate surface area is 199 Å². The van der Waals surface area contributed by atoms with Crippen LogP contribution in [-0.2, 0) is 27.9 Å². The first-order valence-corrected chi connectivity index (χ1v) is 12.5. The molecule has 180 valence electrons. The highest BCUT2D eigenvalue weighted by Crippen LogP contribution is 2.20. The van der Waals surface area contributed by atoms with E-state index in [9.17, 15) is 17.6 Å². The van der Waals surface area contributed by atoms with Gasteiger partial charge in [0.15, 0.2) is 0 Å². The zero-order valence-corrected chi connectivity index (χ0v) is 19.9. The van der Waals surface area contributed by atoms with Crippen molar-refractivity contribution in [3.63, 3.8) is 0 Å². The average Bonchev–Trinajstić information content (AvgIpc) is 3.26. The number of likely N-dealkylation sites (N-methyl/N-ethyl adjacent to an activating group) is 1. The monoisotopic (exact) mass is 485 g/mol. The molecule has 2 heterocycles. The molecule has 0 aliphatic carbocycles. The van der Waals surface area contributed by atoms with E-state index in [-0.39, 0.29) is 43.5 Å². The summed E-state index contributed by atoms with van der Waals surface area (Å²) in [7, 11) is -2.06. The molecule has 1 amide bonds. The Kier molecular flexibility index (Phi) is 7.40. The number of halogens is 1. The van der Waals surface area contributed by atoms with Crippen molar-refractivity contribution >= 4 is 15.9 Å². The van der Waals surface area contributed by atoms with E-state index in [4.69, 9.17) is 0 Å². The quantitative estimate of drug-likeness (QED) is 0.488. The molecular weight excluding hydrogens is 457 g/mol. The number of benzene rings is 2. The maximum Gasteiger partial charge on any atom is 0.246 e. The normalized spacial score (nSPS) is 15.1. The van der Waals surface area contributed by atoms with E-state index in [1.165, 1.54) is 22.5 Å². The van der Waals surface area contributed by atoms with Crippen LogP contribution in [0.3, 0.4) is 0 Å². The van der Waals surface area contributed by atoms with Crippen LogP contribution in [0.4, 0.5) is 4.39 Å². The standard InChI is InChI=1S/C24H28FN5O3S/c1-27(16-21-15-26-29(18-21)17-20-7-3-2-4-8-20)19-24(31)28-11-13-30(14-12-28)34(32,33)23-10-6-5-9-22(23)25/h2-10,15,18H,11-14,16-17,19H2,1H3. The first-order chi connectivity index (χ1) is 16.3. The van der Waals surface area contributed by atoms with Gasteiger partial charge in [0.1, 0.15) is 10.7 Å². The van der Waals surface area contributed by atoms with Gasteiger partial charge in [0.25, 0.3) is 0 Å². The van der Waals surface area contributed by atoms with Gasteiger partial charge in [0, 0.05) is 44.5 Å². The second-order valence-electron chi connectivity index (χ2n) is 8.42. The van der Waals surface area contributed by atoms with Gasteiger partial charge in [-0.3, -0.25) is 14.4 Å². The highest BCUT2D eigenvalue weighted by molar-refractivity contribution is 7.89. The summed E-state index contributed by atoms with van der Waals surface area (Å²) in [6, 6.07) is 15.4. The zero-order valence-electron chi connectivity index (χ0n) is 19.0. The van der Waals surface area contributed by atoms with Crippen molar-refractivity contribution in [2.24, 2.45) is 0 Å². The Morgan fingerprint density at radius 3 is 2.38 bits per heavy atom. The van der Waals surface area contributed by atoms with Crippen molar-refractivity contribution in [3.8, 4) is 0 Å². The molecule has 1 aromatic heterocycles. The van der Waals surface area contributed by atoms with E-state index in [1.54, 1.807) is 11.1 Å². The minimum absolute atomic E-state index is 0.0675. The summed E-state index contributed by atoms with van der Waals surface area (Å²) >= 11 is 0. The van der Waals surface area contributed by atoms with E-state index < -0.39 is 15.8 Å². The van der Waals surface area contributed by atoms with Crippen molar-refractivity contribution in [1.29, 1.82) is 0 Å². The molecule has 3 aromatic rings. The van der Waals surface area contributed by atoms with Crippen LogP contribution in [0.15, 0.2) is 71.9 Å². The van der Waals surface area contributed by atoms with Gasteiger partial charge >= 0.3 is 0 Å². The zero-order chi connectivity index (χ0) is 24.1. The molecule has 0 spiro atoms. The average molecular weight is 486 g/mol. The molecule has 0 unspecified atom stereocenters. The molecule has 2 aromatic carbocycles. The maximum absolute atomic E-state index is 14.0. The second kappa shape index (κ2) is 10.5. The van der Waals surface area contributed by atoms with Crippen LogP contribution in [0.25, 0.3) is 0 Å². The number of nitrogens with zero attached hydrogens (tertiary/aromatic N) is 5. The number of hydrogen-bond acceptors (Lipinski definition) is 5. The molecule has 0 atom stereocenters. The van der Waals surface area contributed by atoms with Gasteiger partial charge in [-0.05, 0) is 24.7 Å². The highest BCUT2D eigenvalue weighted by Gasteiger charge is 2.31. The van der Waals surface area contributed by atoms with Crippen LogP contribution < -0.4 is 0 Å². The number of sulfonamides is 1. The summed E-state index contributed by atoms with van der Waals surface area (Å²) in [5, 5.41) is 4.40. The number of piperazine rings is 1. The van der Waals surface area contributed by atoms with Crippen LogP contribution in [0.5, 0.6) is 0 Å². The number of aromatic nitrogens is 2. The van der Waals surface area contributed by atoms with Crippen molar-refractivity contribution in [2.45, 2.75) is 18.0 Å². The van der Waals surface area contributed by atoms with Crippen LogP contribution >= 0.6 is 0 Å². The van der Waals surface area contributed by atoms with E-state index in [1.807, 2.05) is 53.2 Å². The molecular formula is C24H28FN5O3S. The summed E-state index contributed by atoms with van der Waals surface area (Å²) in [4.78, 5) is 16.0. The van der Waals surface area contributed by atoms with Gasteiger partial charge in [-0.25, -0.2) is 12.8 Å². The first kappa shape index (κ1) is 24.1. The minimum atomic E-state index is -3.93. The molecule has 1 saturated heterocycles. The smallest absolute Gasteiger partial charge is 0.246 e. The van der Waals surface area contributed by atoms with Gasteiger partial charge < -0.3 is 4.90 Å². The van der Waals surface area contributed by atoms with Crippen LogP contribution in [0, 0.1) is 5.82 Å². The van der Waals surface area contributed by atoms with Crippen LogP contribution in [0.2, 0.25) is 0 Å². The minimum Gasteiger partial charge on any atom is -0.339 e. The van der Waals surface area contributed by atoms with E-state index in [2.05, 4.69) is 5.10 Å². The lowest BCUT2D eigenvalue weighted by Gasteiger charge is -2.34. The number of carbonyl (C=O) groups is 1. The van der Waals surface area contributed by atoms with Gasteiger partial charge in [-0.1, -0.05) is 42.5 Å². The Balaban J connectivity index is 1.27. The molecule has 1 fully saturated rings. The number of amides is 1. The third-order valence-corrected chi connectivity index (χ3v) is 7.71. The summed E-state index contributed by atoms with van der Waals surface area (Å²) in [5.41, 5.74) is 2.17. The molecule has 0 saturated carbocycles. The number of carbonyl (C=O) groups excluding carboxylic acids is 1. The van der Waals surface area contributed by atoms with Crippen molar-refractivity contribution in [2.75, 3.05) is 39.8 Å². The SMILES string of the molecule is CN(CC(=O)N1CCN(S(=O)(=O)c2ccccc2F)CC1)Cc1cnn(Cc2ccccc2)c1. The fraction of sp³-hybridized carbons (Fsp3) is 0.333. The van der Waals surface area contributed by atoms with Crippen molar-refractivity contribution < 1.29 is 17.6 Å². The summed E-state index contributed by atoms with van der Waals surface area (Å²) in [5.74, 6) is -0.836. The van der Waals surface area contributed by atoms with E-state index >= 15 is 0 Å². The molecule has 10 heteroatoms. The third kappa shape index (κ3) is 5.69. The Hall–Kier alpha value is -3.08. The topological polar surface area (TPSA) is 78.8 Å². The fourth-order valence-corrected chi connectivity index (χ4v) is 5.50. The summed E-state index contributed by atoms with van der Waals surface area (Å²) in [6.07, 6.45) is 3.77. The van der Waals surface area contributed by atoms with Gasteiger partial charge in [0.05, 0.1) is 19.3 Å². The molecule has 0 bridgehead atoms. The Bertz CT molecular complexity index is 1220. The predicted molar refractivity (Wildman–Crippen MR) is 126 cm³/mol. The lowest BCUT2D eigenvalue weighted by molar-refractivity contribution is -0.133. The molecule has 1 aliphatic heterocycles. The molecule has 4 rings (SSSR count). The maximum atomic E-state index is 14.0. The van der Waals surface area contributed by atoms with Crippen molar-refractivity contribution in [3.05, 3.63) is 83.9 Å².